The molecule has 0 aliphatic carbocycles. The van der Waals surface area contributed by atoms with Crippen molar-refractivity contribution in [1.82, 2.24) is 14.8 Å². The first-order chi connectivity index (χ1) is 14.6. The molecule has 0 spiro atoms. The molecule has 1 aromatic carbocycles. The van der Waals surface area contributed by atoms with Crippen molar-refractivity contribution in [2.45, 2.75) is 31.7 Å². The summed E-state index contributed by atoms with van der Waals surface area (Å²) in [6.07, 6.45) is 8.75. The third kappa shape index (κ3) is 4.63. The maximum atomic E-state index is 13.0. The highest BCUT2D eigenvalue weighted by Crippen LogP contribution is 2.34. The van der Waals surface area contributed by atoms with Crippen LogP contribution in [0.15, 0.2) is 59.8 Å². The summed E-state index contributed by atoms with van der Waals surface area (Å²) in [7, 11) is 0. The van der Waals surface area contributed by atoms with Crippen LogP contribution in [0.5, 0.6) is 0 Å². The van der Waals surface area contributed by atoms with Gasteiger partial charge in [-0.1, -0.05) is 60.4 Å². The summed E-state index contributed by atoms with van der Waals surface area (Å²) in [5.41, 5.74) is 2.03. The van der Waals surface area contributed by atoms with Gasteiger partial charge in [-0.3, -0.25) is 19.5 Å². The van der Waals surface area contributed by atoms with E-state index < -0.39 is 0 Å². The number of likely N-dealkylation sites (tertiary alicyclic amines) is 1. The highest BCUT2D eigenvalue weighted by Gasteiger charge is 2.34. The highest BCUT2D eigenvalue weighted by atomic mass is 32.2. The number of nitrogens with zero attached hydrogens (tertiary/aromatic N) is 3. The lowest BCUT2D eigenvalue weighted by molar-refractivity contribution is -0.135. The largest absolute Gasteiger partial charge is 0.336 e. The molecule has 3 heterocycles. The molecular formula is C23H23N3O2S2. The summed E-state index contributed by atoms with van der Waals surface area (Å²) < 4.78 is 0.512. The third-order valence-corrected chi connectivity index (χ3v) is 6.79. The van der Waals surface area contributed by atoms with Gasteiger partial charge in [0.05, 0.1) is 10.9 Å². The average molecular weight is 438 g/mol. The Hall–Kier alpha value is -2.51. The molecule has 1 atom stereocenters. The number of rotatable bonds is 5. The first-order valence-electron chi connectivity index (χ1n) is 10.1. The molecule has 7 heteroatoms. The number of thiocarbonyl (C=S) groups is 1. The summed E-state index contributed by atoms with van der Waals surface area (Å²) in [5.74, 6) is -0.0613. The number of hydrogen-bond acceptors (Lipinski definition) is 5. The quantitative estimate of drug-likeness (QED) is 0.512. The van der Waals surface area contributed by atoms with E-state index in [2.05, 4.69) is 4.98 Å². The van der Waals surface area contributed by atoms with Gasteiger partial charge in [-0.25, -0.2) is 0 Å². The van der Waals surface area contributed by atoms with Crippen LogP contribution in [-0.4, -0.2) is 44.0 Å². The second-order valence-electron chi connectivity index (χ2n) is 7.38. The summed E-state index contributed by atoms with van der Waals surface area (Å²) in [5, 5.41) is 0. The summed E-state index contributed by atoms with van der Waals surface area (Å²) in [6.45, 7) is 1.05. The summed E-state index contributed by atoms with van der Waals surface area (Å²) in [6, 6.07) is 13.7. The van der Waals surface area contributed by atoms with Crippen molar-refractivity contribution < 1.29 is 9.59 Å². The molecule has 154 valence electrons. The number of amides is 2. The molecule has 4 rings (SSSR count). The van der Waals surface area contributed by atoms with Gasteiger partial charge in [-0.05, 0) is 42.5 Å². The van der Waals surface area contributed by atoms with E-state index in [-0.39, 0.29) is 24.3 Å². The second kappa shape index (κ2) is 9.53. The smallest absolute Gasteiger partial charge is 0.266 e. The standard InChI is InChI=1S/C23H23N3O2S2/c27-21(25-13-5-4-10-19(25)18-9-6-12-24-16-18)11-14-26-22(28)20(30-23(26)29)15-17-7-2-1-3-8-17/h1-3,6-9,12,15-16,19H,4-5,10-11,13-14H2/b20-15-. The predicted molar refractivity (Wildman–Crippen MR) is 123 cm³/mol. The van der Waals surface area contributed by atoms with Crippen LogP contribution in [0.25, 0.3) is 6.08 Å². The zero-order valence-electron chi connectivity index (χ0n) is 16.6. The van der Waals surface area contributed by atoms with Crippen molar-refractivity contribution in [3.8, 4) is 0 Å². The number of pyridine rings is 1. The number of thioether (sulfide) groups is 1. The van der Waals surface area contributed by atoms with Crippen molar-refractivity contribution in [3.63, 3.8) is 0 Å². The van der Waals surface area contributed by atoms with Crippen molar-refractivity contribution in [2.75, 3.05) is 13.1 Å². The first-order valence-corrected chi connectivity index (χ1v) is 11.4. The number of hydrogen-bond donors (Lipinski definition) is 0. The summed E-state index contributed by atoms with van der Waals surface area (Å²) >= 11 is 6.71. The molecule has 2 fully saturated rings. The fourth-order valence-corrected chi connectivity index (χ4v) is 5.20. The van der Waals surface area contributed by atoms with E-state index in [4.69, 9.17) is 12.2 Å². The van der Waals surface area contributed by atoms with E-state index in [0.29, 0.717) is 15.8 Å². The van der Waals surface area contributed by atoms with Crippen LogP contribution in [0.1, 0.15) is 42.9 Å². The van der Waals surface area contributed by atoms with Gasteiger partial charge in [-0.15, -0.1) is 0 Å². The van der Waals surface area contributed by atoms with E-state index in [1.807, 2.05) is 59.6 Å². The van der Waals surface area contributed by atoms with Crippen LogP contribution >= 0.6 is 24.0 Å². The van der Waals surface area contributed by atoms with E-state index >= 15 is 0 Å². The normalized spacial score (nSPS) is 20.8. The van der Waals surface area contributed by atoms with Crippen LogP contribution in [0.2, 0.25) is 0 Å². The van der Waals surface area contributed by atoms with Gasteiger partial charge in [-0.2, -0.15) is 0 Å². The number of piperidine rings is 1. The zero-order valence-corrected chi connectivity index (χ0v) is 18.2. The van der Waals surface area contributed by atoms with E-state index in [0.717, 1.165) is 36.9 Å². The molecule has 0 radical (unpaired) electrons. The first kappa shape index (κ1) is 20.8. The molecule has 0 bridgehead atoms. The van der Waals surface area contributed by atoms with Crippen molar-refractivity contribution in [3.05, 3.63) is 70.9 Å². The minimum absolute atomic E-state index is 0.0593. The van der Waals surface area contributed by atoms with Crippen molar-refractivity contribution in [1.29, 1.82) is 0 Å². The Kier molecular flexibility index (Phi) is 6.59. The lowest BCUT2D eigenvalue weighted by Crippen LogP contribution is -2.40. The minimum Gasteiger partial charge on any atom is -0.336 e. The molecule has 1 unspecified atom stereocenters. The summed E-state index contributed by atoms with van der Waals surface area (Å²) in [4.78, 5) is 34.1. The second-order valence-corrected chi connectivity index (χ2v) is 9.05. The SMILES string of the molecule is O=C1/C(=C/c2ccccc2)SC(=S)N1CCC(=O)N1CCCCC1c1cccnc1. The van der Waals surface area contributed by atoms with Crippen molar-refractivity contribution in [2.24, 2.45) is 0 Å². The monoisotopic (exact) mass is 437 g/mol. The van der Waals surface area contributed by atoms with Crippen LogP contribution in [0.4, 0.5) is 0 Å². The Morgan fingerprint density at radius 2 is 2.03 bits per heavy atom. The Labute approximate surface area is 186 Å². The van der Waals surface area contributed by atoms with Gasteiger partial charge in [0.25, 0.3) is 5.91 Å². The Bertz CT molecular complexity index is 963. The molecule has 2 aliphatic rings. The fraction of sp³-hybridized carbons (Fsp3) is 0.304. The van der Waals surface area contributed by atoms with Gasteiger partial charge in [0.1, 0.15) is 4.32 Å². The van der Waals surface area contributed by atoms with Crippen molar-refractivity contribution >= 4 is 46.2 Å². The molecule has 2 amide bonds. The number of carbonyl (C=O) groups excluding carboxylic acids is 2. The van der Waals surface area contributed by atoms with E-state index in [1.54, 1.807) is 11.1 Å². The maximum absolute atomic E-state index is 13.0. The molecule has 1 aromatic heterocycles. The van der Waals surface area contributed by atoms with Gasteiger partial charge >= 0.3 is 0 Å². The minimum atomic E-state index is -0.121. The molecule has 5 nitrogen and oxygen atoms in total. The predicted octanol–water partition coefficient (Wildman–Crippen LogP) is 4.43. The van der Waals surface area contributed by atoms with Gasteiger partial charge < -0.3 is 4.90 Å². The third-order valence-electron chi connectivity index (χ3n) is 5.41. The lowest BCUT2D eigenvalue weighted by atomic mass is 9.96. The Balaban J connectivity index is 1.41. The molecule has 2 saturated heterocycles. The fourth-order valence-electron chi connectivity index (χ4n) is 3.89. The van der Waals surface area contributed by atoms with Crippen LogP contribution < -0.4 is 0 Å². The number of aromatic nitrogens is 1. The molecular weight excluding hydrogens is 414 g/mol. The highest BCUT2D eigenvalue weighted by molar-refractivity contribution is 8.26. The van der Waals surface area contributed by atoms with E-state index in [9.17, 15) is 9.59 Å². The molecule has 30 heavy (non-hydrogen) atoms. The average Bonchev–Trinajstić information content (AvgIpc) is 3.05. The van der Waals surface area contributed by atoms with Crippen LogP contribution in [-0.2, 0) is 9.59 Å². The zero-order chi connectivity index (χ0) is 20.9. The van der Waals surface area contributed by atoms with Gasteiger partial charge in [0.15, 0.2) is 0 Å². The molecule has 2 aromatic rings. The Morgan fingerprint density at radius 3 is 2.80 bits per heavy atom. The van der Waals surface area contributed by atoms with E-state index in [1.165, 1.54) is 11.8 Å². The molecule has 0 N–H and O–H groups in total. The maximum Gasteiger partial charge on any atom is 0.266 e. The number of carbonyl (C=O) groups is 2. The van der Waals surface area contributed by atoms with Crippen LogP contribution in [0, 0.1) is 0 Å². The Morgan fingerprint density at radius 1 is 1.20 bits per heavy atom. The lowest BCUT2D eigenvalue weighted by Gasteiger charge is -2.36. The topological polar surface area (TPSA) is 53.5 Å². The molecule has 0 saturated carbocycles. The van der Waals surface area contributed by atoms with Crippen LogP contribution in [0.3, 0.4) is 0 Å². The van der Waals surface area contributed by atoms with Gasteiger partial charge in [0.2, 0.25) is 5.91 Å². The molecule has 2 aliphatic heterocycles. The van der Waals surface area contributed by atoms with Gasteiger partial charge in [0, 0.05) is 31.9 Å². The number of benzene rings is 1.